The molecule has 4 N–H and O–H groups in total. The van der Waals surface area contributed by atoms with Crippen LogP contribution in [0.3, 0.4) is 0 Å². The van der Waals surface area contributed by atoms with Gasteiger partial charge in [-0.2, -0.15) is 0 Å². The van der Waals surface area contributed by atoms with E-state index in [1.807, 2.05) is 64.1 Å². The lowest BCUT2D eigenvalue weighted by atomic mass is 9.75. The zero-order chi connectivity index (χ0) is 40.5. The average molecular weight is 760 g/mol. The summed E-state index contributed by atoms with van der Waals surface area (Å²) in [4.78, 5) is 69.2. The predicted molar refractivity (Wildman–Crippen MR) is 210 cm³/mol. The second-order valence-electron chi connectivity index (χ2n) is 16.7. The Labute approximate surface area is 324 Å². The van der Waals surface area contributed by atoms with Crippen LogP contribution in [-0.4, -0.2) is 76.5 Å². The molecule has 4 rings (SSSR count). The standard InChI is InChI=1S/C43H57N3O9/c1-26(2)22-34(38-35(47)23-43(6,7)24-36(38)48)45-32(39(50)46-33(40(51)52)19-20-37(49)55-42(3,4)5)18-12-13-21-44-41(53)54-25-31-29-16-10-8-14-27(29)28-15-9-11-17-30(28)31/h8-11,14-17,26,31-33,47H,12-13,18-25H2,1-7H3,(H,44,53)(H,46,50)(H,51,52)/t32-,33-/m0/s1. The van der Waals surface area contributed by atoms with E-state index in [1.165, 1.54) is 0 Å². The van der Waals surface area contributed by atoms with Gasteiger partial charge in [-0.3, -0.25) is 19.4 Å². The highest BCUT2D eigenvalue weighted by atomic mass is 16.6. The van der Waals surface area contributed by atoms with E-state index in [1.54, 1.807) is 20.8 Å². The molecule has 0 fully saturated rings. The summed E-state index contributed by atoms with van der Waals surface area (Å²) >= 11 is 0. The summed E-state index contributed by atoms with van der Waals surface area (Å²) in [5.41, 5.74) is 3.70. The van der Waals surface area contributed by atoms with Gasteiger partial charge in [-0.05, 0) is 86.5 Å². The number of esters is 1. The van der Waals surface area contributed by atoms with Gasteiger partial charge in [-0.1, -0.05) is 76.2 Å². The Kier molecular flexibility index (Phi) is 14.4. The Morgan fingerprint density at radius 2 is 1.56 bits per heavy atom. The second kappa shape index (κ2) is 18.6. The van der Waals surface area contributed by atoms with Crippen LogP contribution >= 0.6 is 0 Å². The minimum absolute atomic E-state index is 0.0208. The molecular formula is C43H57N3O9. The Bertz CT molecular complexity index is 1760. The number of hydrogen-bond acceptors (Lipinski definition) is 9. The van der Waals surface area contributed by atoms with Crippen molar-refractivity contribution in [2.45, 2.75) is 123 Å². The number of rotatable bonds is 17. The molecule has 0 saturated carbocycles. The number of alkyl carbamates (subject to hydrolysis) is 1. The summed E-state index contributed by atoms with van der Waals surface area (Å²) in [6.07, 6.45) is 0.799. The maximum Gasteiger partial charge on any atom is 0.407 e. The third-order valence-corrected chi connectivity index (χ3v) is 9.55. The third-order valence-electron chi connectivity index (χ3n) is 9.55. The number of carbonyl (C=O) groups is 5. The van der Waals surface area contributed by atoms with E-state index in [2.05, 4.69) is 22.8 Å². The van der Waals surface area contributed by atoms with Crippen LogP contribution in [0, 0.1) is 11.3 Å². The van der Waals surface area contributed by atoms with Gasteiger partial charge in [-0.25, -0.2) is 9.59 Å². The van der Waals surface area contributed by atoms with Gasteiger partial charge in [0.25, 0.3) is 0 Å². The molecule has 0 aliphatic heterocycles. The van der Waals surface area contributed by atoms with Crippen molar-refractivity contribution >= 4 is 35.4 Å². The molecule has 0 bridgehead atoms. The molecule has 0 radical (unpaired) electrons. The lowest BCUT2D eigenvalue weighted by Crippen LogP contribution is -2.45. The average Bonchev–Trinajstić information content (AvgIpc) is 3.39. The molecule has 55 heavy (non-hydrogen) atoms. The van der Waals surface area contributed by atoms with Gasteiger partial charge in [0.2, 0.25) is 5.91 Å². The summed E-state index contributed by atoms with van der Waals surface area (Å²) in [6.45, 7) is 13.2. The molecule has 0 unspecified atom stereocenters. The summed E-state index contributed by atoms with van der Waals surface area (Å²) < 4.78 is 11.0. The fourth-order valence-electron chi connectivity index (χ4n) is 7.15. The van der Waals surface area contributed by atoms with Gasteiger partial charge >= 0.3 is 18.0 Å². The molecule has 0 spiro atoms. The normalized spacial score (nSPS) is 16.6. The van der Waals surface area contributed by atoms with Crippen LogP contribution in [0.15, 0.2) is 64.9 Å². The largest absolute Gasteiger partial charge is 0.511 e. The number of hydrogen-bond donors (Lipinski definition) is 4. The number of amides is 2. The lowest BCUT2D eigenvalue weighted by molar-refractivity contribution is -0.155. The smallest absolute Gasteiger partial charge is 0.407 e. The Balaban J connectivity index is 1.44. The Morgan fingerprint density at radius 1 is 0.945 bits per heavy atom. The van der Waals surface area contributed by atoms with Crippen LogP contribution in [-0.2, 0) is 28.7 Å². The van der Waals surface area contributed by atoms with Crippen LogP contribution < -0.4 is 10.6 Å². The summed E-state index contributed by atoms with van der Waals surface area (Å²) in [5, 5.41) is 26.3. The van der Waals surface area contributed by atoms with E-state index in [9.17, 15) is 34.2 Å². The monoisotopic (exact) mass is 759 g/mol. The van der Waals surface area contributed by atoms with Crippen molar-refractivity contribution in [3.63, 3.8) is 0 Å². The maximum absolute atomic E-state index is 13.8. The van der Waals surface area contributed by atoms with Gasteiger partial charge < -0.3 is 30.3 Å². The van der Waals surface area contributed by atoms with Crippen molar-refractivity contribution in [2.75, 3.05) is 13.2 Å². The highest BCUT2D eigenvalue weighted by Gasteiger charge is 2.36. The van der Waals surface area contributed by atoms with Crippen molar-refractivity contribution in [3.05, 3.63) is 71.0 Å². The number of allylic oxidation sites excluding steroid dienone is 2. The fraction of sp³-hybridized carbons (Fsp3) is 0.535. The highest BCUT2D eigenvalue weighted by molar-refractivity contribution is 6.23. The first kappa shape index (κ1) is 42.7. The number of benzene rings is 2. The molecule has 2 atom stereocenters. The molecule has 12 heteroatoms. The van der Waals surface area contributed by atoms with E-state index < -0.39 is 47.0 Å². The fourth-order valence-corrected chi connectivity index (χ4v) is 7.15. The second-order valence-corrected chi connectivity index (χ2v) is 16.7. The number of nitrogens with zero attached hydrogens (tertiary/aromatic N) is 1. The quantitative estimate of drug-likeness (QED) is 0.0724. The minimum atomic E-state index is -1.40. The zero-order valence-corrected chi connectivity index (χ0v) is 33.2. The minimum Gasteiger partial charge on any atom is -0.511 e. The summed E-state index contributed by atoms with van der Waals surface area (Å²) in [5.74, 6) is -3.00. The molecule has 298 valence electrons. The van der Waals surface area contributed by atoms with E-state index in [-0.39, 0.29) is 74.2 Å². The van der Waals surface area contributed by atoms with Crippen LogP contribution in [0.2, 0.25) is 0 Å². The number of ketones is 1. The lowest BCUT2D eigenvalue weighted by Gasteiger charge is -2.30. The molecule has 0 heterocycles. The summed E-state index contributed by atoms with van der Waals surface area (Å²) in [6, 6.07) is 13.6. The van der Waals surface area contributed by atoms with Crippen LogP contribution in [0.25, 0.3) is 11.1 Å². The molecule has 2 amide bonds. The molecule has 0 saturated heterocycles. The number of unbranched alkanes of at least 4 members (excludes halogenated alkanes) is 1. The molecular weight excluding hydrogens is 702 g/mol. The Hall–Kier alpha value is -5.00. The number of fused-ring (bicyclic) bond motifs is 3. The van der Waals surface area contributed by atoms with E-state index in [4.69, 9.17) is 14.5 Å². The molecule has 2 aromatic rings. The predicted octanol–water partition coefficient (Wildman–Crippen LogP) is 7.44. The first-order valence-corrected chi connectivity index (χ1v) is 19.2. The third kappa shape index (κ3) is 12.2. The van der Waals surface area contributed by atoms with Crippen molar-refractivity contribution in [2.24, 2.45) is 16.3 Å². The van der Waals surface area contributed by atoms with Crippen molar-refractivity contribution < 1.29 is 43.7 Å². The number of Topliss-reactive ketones (excluding diaryl/α,β-unsaturated/α-hetero) is 1. The van der Waals surface area contributed by atoms with Crippen molar-refractivity contribution in [1.29, 1.82) is 0 Å². The van der Waals surface area contributed by atoms with E-state index in [0.29, 0.717) is 25.0 Å². The first-order valence-electron chi connectivity index (χ1n) is 19.2. The Morgan fingerprint density at radius 3 is 2.13 bits per heavy atom. The molecule has 2 aromatic carbocycles. The van der Waals surface area contributed by atoms with Crippen LogP contribution in [0.1, 0.15) is 117 Å². The maximum atomic E-state index is 13.8. The number of aliphatic hydroxyl groups is 1. The number of ether oxygens (including phenoxy) is 2. The van der Waals surface area contributed by atoms with Gasteiger partial charge in [0, 0.05) is 31.7 Å². The van der Waals surface area contributed by atoms with Crippen molar-refractivity contribution in [3.8, 4) is 11.1 Å². The van der Waals surface area contributed by atoms with Gasteiger partial charge in [0.05, 0.1) is 11.3 Å². The number of nitrogens with one attached hydrogen (secondary N) is 2. The number of aliphatic hydroxyl groups excluding tert-OH is 1. The van der Waals surface area contributed by atoms with Gasteiger partial charge in [0.1, 0.15) is 30.1 Å². The van der Waals surface area contributed by atoms with E-state index in [0.717, 1.165) is 22.3 Å². The molecule has 0 aromatic heterocycles. The number of carbonyl (C=O) groups excluding carboxylic acids is 4. The number of aliphatic imine (C=N–C) groups is 1. The number of aliphatic carboxylic acids is 1. The van der Waals surface area contributed by atoms with Crippen LogP contribution in [0.4, 0.5) is 4.79 Å². The number of carboxylic acid groups (broad SMARTS) is 1. The van der Waals surface area contributed by atoms with Crippen LogP contribution in [0.5, 0.6) is 0 Å². The van der Waals surface area contributed by atoms with E-state index >= 15 is 0 Å². The summed E-state index contributed by atoms with van der Waals surface area (Å²) in [7, 11) is 0. The molecule has 12 nitrogen and oxygen atoms in total. The SMILES string of the molecule is CC(C)CC(=N[C@@H](CCCCNC(=O)OCC1c2ccccc2-c2ccccc21)C(=O)N[C@@H](CCC(=O)OC(C)(C)C)C(=O)O)C1=C(O)CC(C)(C)CC1=O. The zero-order valence-electron chi connectivity index (χ0n) is 33.2. The first-order chi connectivity index (χ1) is 25.8. The molecule has 2 aliphatic carbocycles. The van der Waals surface area contributed by atoms with Crippen molar-refractivity contribution in [1.82, 2.24) is 10.6 Å². The topological polar surface area (TPSA) is 181 Å². The van der Waals surface area contributed by atoms with Gasteiger partial charge in [0.15, 0.2) is 5.78 Å². The highest BCUT2D eigenvalue weighted by Crippen LogP contribution is 2.44. The number of carboxylic acids is 1. The molecule has 2 aliphatic rings. The van der Waals surface area contributed by atoms with Gasteiger partial charge in [-0.15, -0.1) is 0 Å².